The first kappa shape index (κ1) is 15.5. The molecule has 5 heteroatoms. The molecular formula is C18H21N3O2. The molecule has 2 N–H and O–H groups in total. The van der Waals surface area contributed by atoms with Gasteiger partial charge < -0.3 is 10.1 Å². The standard InChI is InChI=1S/C18H21N3O2/c1-13-14(5-4-9-19-13)8-10-21-18(22)17-15-6-2-3-7-16(15)23-12-11-20-17/h2-7,9,17,20H,8,10-12H2,1H3,(H,21,22). The van der Waals surface area contributed by atoms with Crippen LogP contribution in [-0.4, -0.2) is 30.6 Å². The third-order valence-electron chi connectivity index (χ3n) is 4.01. The van der Waals surface area contributed by atoms with Crippen LogP contribution >= 0.6 is 0 Å². The van der Waals surface area contributed by atoms with E-state index in [2.05, 4.69) is 15.6 Å². The van der Waals surface area contributed by atoms with Gasteiger partial charge in [-0.2, -0.15) is 0 Å². The highest BCUT2D eigenvalue weighted by Gasteiger charge is 2.25. The topological polar surface area (TPSA) is 63.2 Å². The molecule has 0 fully saturated rings. The summed E-state index contributed by atoms with van der Waals surface area (Å²) >= 11 is 0. The average Bonchev–Trinajstić information content (AvgIpc) is 2.79. The Morgan fingerprint density at radius 3 is 3.09 bits per heavy atom. The van der Waals surface area contributed by atoms with Gasteiger partial charge >= 0.3 is 0 Å². The molecule has 3 rings (SSSR count). The molecule has 2 heterocycles. The molecule has 1 aromatic carbocycles. The maximum atomic E-state index is 12.5. The van der Waals surface area contributed by atoms with Gasteiger partial charge in [0.1, 0.15) is 18.4 Å². The number of nitrogens with one attached hydrogen (secondary N) is 2. The number of carbonyl (C=O) groups is 1. The summed E-state index contributed by atoms with van der Waals surface area (Å²) in [5, 5.41) is 6.26. The van der Waals surface area contributed by atoms with Gasteiger partial charge in [0.2, 0.25) is 5.91 Å². The van der Waals surface area contributed by atoms with Crippen molar-refractivity contribution in [2.75, 3.05) is 19.7 Å². The van der Waals surface area contributed by atoms with E-state index in [0.717, 1.165) is 29.0 Å². The van der Waals surface area contributed by atoms with Crippen molar-refractivity contribution in [3.63, 3.8) is 0 Å². The molecule has 1 aromatic heterocycles. The van der Waals surface area contributed by atoms with Crippen LogP contribution in [0.1, 0.15) is 22.9 Å². The van der Waals surface area contributed by atoms with Crippen LogP contribution in [0, 0.1) is 6.92 Å². The van der Waals surface area contributed by atoms with Crippen LogP contribution in [0.3, 0.4) is 0 Å². The zero-order valence-electron chi connectivity index (χ0n) is 13.2. The minimum Gasteiger partial charge on any atom is -0.492 e. The van der Waals surface area contributed by atoms with Crippen LogP contribution in [-0.2, 0) is 11.2 Å². The molecular weight excluding hydrogens is 290 g/mol. The lowest BCUT2D eigenvalue weighted by Gasteiger charge is -2.17. The summed E-state index contributed by atoms with van der Waals surface area (Å²) in [5.41, 5.74) is 3.05. The fourth-order valence-electron chi connectivity index (χ4n) is 2.76. The second-order valence-electron chi connectivity index (χ2n) is 5.56. The monoisotopic (exact) mass is 311 g/mol. The Bertz CT molecular complexity index is 687. The fraction of sp³-hybridized carbons (Fsp3) is 0.333. The molecule has 0 spiro atoms. The predicted molar refractivity (Wildman–Crippen MR) is 88.4 cm³/mol. The van der Waals surface area contributed by atoms with Crippen LogP contribution in [0.15, 0.2) is 42.6 Å². The lowest BCUT2D eigenvalue weighted by atomic mass is 10.0. The highest BCUT2D eigenvalue weighted by Crippen LogP contribution is 2.26. The summed E-state index contributed by atoms with van der Waals surface area (Å²) in [6.45, 7) is 3.79. The van der Waals surface area contributed by atoms with Gasteiger partial charge in [0, 0.05) is 30.5 Å². The molecule has 0 bridgehead atoms. The van der Waals surface area contributed by atoms with Crippen molar-refractivity contribution < 1.29 is 9.53 Å². The van der Waals surface area contributed by atoms with Gasteiger partial charge in [-0.1, -0.05) is 24.3 Å². The molecule has 0 aliphatic carbocycles. The molecule has 0 radical (unpaired) electrons. The van der Waals surface area contributed by atoms with E-state index in [-0.39, 0.29) is 11.9 Å². The first-order chi connectivity index (χ1) is 11.3. The van der Waals surface area contributed by atoms with Gasteiger partial charge in [-0.05, 0) is 31.0 Å². The Morgan fingerprint density at radius 2 is 2.22 bits per heavy atom. The number of pyridine rings is 1. The number of hydrogen-bond donors (Lipinski definition) is 2. The van der Waals surface area contributed by atoms with Gasteiger partial charge in [-0.3, -0.25) is 15.1 Å². The number of aromatic nitrogens is 1. The minimum atomic E-state index is -0.372. The van der Waals surface area contributed by atoms with E-state index >= 15 is 0 Å². The van der Waals surface area contributed by atoms with Crippen molar-refractivity contribution in [3.05, 3.63) is 59.4 Å². The second kappa shape index (κ2) is 7.24. The molecule has 2 aromatic rings. The number of nitrogens with zero attached hydrogens (tertiary/aromatic N) is 1. The molecule has 1 aliphatic heterocycles. The van der Waals surface area contributed by atoms with Crippen LogP contribution in [0.25, 0.3) is 0 Å². The van der Waals surface area contributed by atoms with Gasteiger partial charge in [0.25, 0.3) is 0 Å². The van der Waals surface area contributed by atoms with Crippen molar-refractivity contribution in [1.29, 1.82) is 0 Å². The summed E-state index contributed by atoms with van der Waals surface area (Å²) in [5.74, 6) is 0.755. The Morgan fingerprint density at radius 1 is 1.35 bits per heavy atom. The van der Waals surface area contributed by atoms with Gasteiger partial charge in [0.15, 0.2) is 0 Å². The number of amides is 1. The van der Waals surface area contributed by atoms with E-state index in [0.29, 0.717) is 19.7 Å². The normalized spacial score (nSPS) is 16.8. The molecule has 120 valence electrons. The van der Waals surface area contributed by atoms with Crippen molar-refractivity contribution in [1.82, 2.24) is 15.6 Å². The molecule has 1 unspecified atom stereocenters. The SMILES string of the molecule is Cc1ncccc1CCNC(=O)C1NCCOc2ccccc21. The summed E-state index contributed by atoms with van der Waals surface area (Å²) in [4.78, 5) is 16.8. The molecule has 5 nitrogen and oxygen atoms in total. The van der Waals surface area contributed by atoms with Gasteiger partial charge in [0.05, 0.1) is 0 Å². The molecule has 1 aliphatic rings. The van der Waals surface area contributed by atoms with Crippen LogP contribution < -0.4 is 15.4 Å². The van der Waals surface area contributed by atoms with Gasteiger partial charge in [-0.15, -0.1) is 0 Å². The number of hydrogen-bond acceptors (Lipinski definition) is 4. The Labute approximate surface area is 136 Å². The van der Waals surface area contributed by atoms with Crippen LogP contribution in [0.2, 0.25) is 0 Å². The first-order valence-electron chi connectivity index (χ1n) is 7.89. The number of para-hydroxylation sites is 1. The second-order valence-corrected chi connectivity index (χ2v) is 5.56. The minimum absolute atomic E-state index is 0.0236. The highest BCUT2D eigenvalue weighted by atomic mass is 16.5. The highest BCUT2D eigenvalue weighted by molar-refractivity contribution is 5.84. The molecule has 1 atom stereocenters. The third kappa shape index (κ3) is 3.68. The average molecular weight is 311 g/mol. The summed E-state index contributed by atoms with van der Waals surface area (Å²) < 4.78 is 5.67. The lowest BCUT2D eigenvalue weighted by molar-refractivity contribution is -0.123. The Balaban J connectivity index is 1.63. The van der Waals surface area contributed by atoms with E-state index in [9.17, 15) is 4.79 Å². The Kier molecular flexibility index (Phi) is 4.88. The van der Waals surface area contributed by atoms with E-state index in [1.807, 2.05) is 43.3 Å². The lowest BCUT2D eigenvalue weighted by Crippen LogP contribution is -2.38. The molecule has 23 heavy (non-hydrogen) atoms. The number of benzene rings is 1. The van der Waals surface area contributed by atoms with Crippen molar-refractivity contribution in [2.45, 2.75) is 19.4 Å². The molecule has 1 amide bonds. The number of aryl methyl sites for hydroxylation is 1. The third-order valence-corrected chi connectivity index (χ3v) is 4.01. The first-order valence-corrected chi connectivity index (χ1v) is 7.89. The number of ether oxygens (including phenoxy) is 1. The summed E-state index contributed by atoms with van der Waals surface area (Å²) in [7, 11) is 0. The van der Waals surface area contributed by atoms with E-state index in [1.165, 1.54) is 0 Å². The van der Waals surface area contributed by atoms with Crippen molar-refractivity contribution >= 4 is 5.91 Å². The van der Waals surface area contributed by atoms with Crippen molar-refractivity contribution in [2.24, 2.45) is 0 Å². The largest absolute Gasteiger partial charge is 0.492 e. The number of fused-ring (bicyclic) bond motifs is 1. The van der Waals surface area contributed by atoms with Crippen molar-refractivity contribution in [3.8, 4) is 5.75 Å². The zero-order chi connectivity index (χ0) is 16.1. The smallest absolute Gasteiger partial charge is 0.241 e. The molecule has 0 saturated heterocycles. The van der Waals surface area contributed by atoms with E-state index < -0.39 is 0 Å². The van der Waals surface area contributed by atoms with Crippen LogP contribution in [0.5, 0.6) is 5.75 Å². The predicted octanol–water partition coefficient (Wildman–Crippen LogP) is 1.77. The van der Waals surface area contributed by atoms with E-state index in [4.69, 9.17) is 4.74 Å². The number of rotatable bonds is 4. The summed E-state index contributed by atoms with van der Waals surface area (Å²) in [6, 6.07) is 11.3. The Hall–Kier alpha value is -2.40. The fourth-order valence-corrected chi connectivity index (χ4v) is 2.76. The molecule has 0 saturated carbocycles. The number of carbonyl (C=O) groups excluding carboxylic acids is 1. The summed E-state index contributed by atoms with van der Waals surface area (Å²) in [6.07, 6.45) is 2.56. The van der Waals surface area contributed by atoms with Gasteiger partial charge in [-0.25, -0.2) is 0 Å². The maximum absolute atomic E-state index is 12.5. The quantitative estimate of drug-likeness (QED) is 0.903. The maximum Gasteiger partial charge on any atom is 0.241 e. The van der Waals surface area contributed by atoms with Crippen LogP contribution in [0.4, 0.5) is 0 Å². The zero-order valence-corrected chi connectivity index (χ0v) is 13.2. The van der Waals surface area contributed by atoms with E-state index in [1.54, 1.807) is 6.20 Å².